The molecule has 78 valence electrons. The molecule has 0 aliphatic heterocycles. The van der Waals surface area contributed by atoms with Crippen LogP contribution in [0.15, 0.2) is 23.1 Å². The number of halogens is 3. The summed E-state index contributed by atoms with van der Waals surface area (Å²) < 4.78 is 36.0. The van der Waals surface area contributed by atoms with E-state index in [9.17, 15) is 12.9 Å². The van der Waals surface area contributed by atoms with Crippen molar-refractivity contribution in [2.75, 3.05) is 5.65 Å². The van der Waals surface area contributed by atoms with Crippen molar-refractivity contribution in [1.29, 1.82) is 0 Å². The first kappa shape index (κ1) is 16.1. The van der Waals surface area contributed by atoms with Crippen molar-refractivity contribution in [2.24, 2.45) is 0 Å². The Morgan fingerprint density at radius 1 is 1.20 bits per heavy atom. The molecule has 0 unspecified atom stereocenters. The summed E-state index contributed by atoms with van der Waals surface area (Å²) in [4.78, 5) is 0.726. The molecular weight excluding hydrogens is 247 g/mol. The Bertz CT molecular complexity index is 328. The second kappa shape index (κ2) is 6.71. The van der Waals surface area contributed by atoms with Gasteiger partial charge in [0.25, 0.3) is 0 Å². The van der Waals surface area contributed by atoms with E-state index >= 15 is 0 Å². The van der Waals surface area contributed by atoms with Crippen LogP contribution in [0.2, 0.25) is 0 Å². The van der Waals surface area contributed by atoms with Crippen LogP contribution in [0.25, 0.3) is 0 Å². The first-order valence-electron chi connectivity index (χ1n) is 4.29. The molecule has 0 heterocycles. The van der Waals surface area contributed by atoms with E-state index in [2.05, 4.69) is 0 Å². The third-order valence-corrected chi connectivity index (χ3v) is 3.07. The van der Waals surface area contributed by atoms with Gasteiger partial charge in [0.2, 0.25) is 0 Å². The summed E-state index contributed by atoms with van der Waals surface area (Å²) in [7, 11) is 0. The Labute approximate surface area is 135 Å². The number of rotatable bonds is 3. The Morgan fingerprint density at radius 2 is 1.80 bits per heavy atom. The van der Waals surface area contributed by atoms with Gasteiger partial charge in [-0.05, 0) is 31.1 Å². The Morgan fingerprint density at radius 3 is 2.33 bits per heavy atom. The minimum atomic E-state index is -4.69. The molecule has 0 N–H and O–H groups in total. The number of benzene rings is 1. The number of hydrogen-bond donors (Lipinski definition) is 0. The molecule has 0 radical (unpaired) electrons. The molecule has 0 spiro atoms. The van der Waals surface area contributed by atoms with Crippen LogP contribution in [0.1, 0.15) is 11.1 Å². The zero-order valence-electron chi connectivity index (χ0n) is 9.06. The van der Waals surface area contributed by atoms with Gasteiger partial charge < -0.3 is 12.9 Å². The fraction of sp³-hybridized carbons (Fsp3) is 0.333. The Kier molecular flexibility index (Phi) is 7.19. The average molecular weight is 258 g/mol. The van der Waals surface area contributed by atoms with E-state index in [4.69, 9.17) is 0 Å². The van der Waals surface area contributed by atoms with Gasteiger partial charge in [-0.3, -0.25) is 0 Å². The molecule has 0 nitrogen and oxygen atoms in total. The number of hydrogen-bond acceptors (Lipinski definition) is 1. The van der Waals surface area contributed by atoms with Crippen LogP contribution in [-0.2, 0) is 0 Å². The second-order valence-electron chi connectivity index (χ2n) is 3.29. The molecule has 0 aliphatic rings. The topological polar surface area (TPSA) is 0 Å². The fourth-order valence-corrected chi connectivity index (χ4v) is 1.98. The molecule has 6 heteroatoms. The molecule has 1 aromatic carbocycles. The summed E-state index contributed by atoms with van der Waals surface area (Å²) in [6.07, 6.45) is 0. The zero-order chi connectivity index (χ0) is 10.8. The van der Waals surface area contributed by atoms with Crippen molar-refractivity contribution in [3.8, 4) is 0 Å². The molecule has 0 saturated heterocycles. The molecule has 0 saturated carbocycles. The van der Waals surface area contributed by atoms with Gasteiger partial charge in [0.1, 0.15) is 0 Å². The maximum absolute atomic E-state index is 12.0. The third-order valence-electron chi connectivity index (χ3n) is 1.77. The van der Waals surface area contributed by atoms with Crippen molar-refractivity contribution in [3.63, 3.8) is 0 Å². The summed E-state index contributed by atoms with van der Waals surface area (Å²) in [5, 5.41) is 0. The van der Waals surface area contributed by atoms with Crippen LogP contribution < -0.4 is 51.4 Å². The zero-order valence-corrected chi connectivity index (χ0v) is 13.0. The standard InChI is InChI=1S/C9H11BF3S.K/c1-7-3-4-8(2)9(5-7)14-6-10(11,12)13;/h3-5H,6H2,1-2H3;/q-1;+1. The molecular formula is C9H11BF3KS. The van der Waals surface area contributed by atoms with Crippen LogP contribution in [0, 0.1) is 13.8 Å². The first-order chi connectivity index (χ1) is 6.38. The average Bonchev–Trinajstić information content (AvgIpc) is 2.05. The molecule has 0 atom stereocenters. The van der Waals surface area contributed by atoms with E-state index in [0.717, 1.165) is 27.8 Å². The van der Waals surface area contributed by atoms with Gasteiger partial charge in [-0.15, -0.1) is 0 Å². The third kappa shape index (κ3) is 6.38. The predicted molar refractivity (Wildman–Crippen MR) is 55.7 cm³/mol. The van der Waals surface area contributed by atoms with E-state index < -0.39 is 12.6 Å². The summed E-state index contributed by atoms with van der Waals surface area (Å²) in [6, 6.07) is 5.54. The summed E-state index contributed by atoms with van der Waals surface area (Å²) in [6.45, 7) is -0.989. The van der Waals surface area contributed by atoms with E-state index in [1.807, 2.05) is 26.0 Å². The van der Waals surface area contributed by atoms with Crippen LogP contribution >= 0.6 is 11.8 Å². The summed E-state index contributed by atoms with van der Waals surface area (Å²) >= 11 is 0.871. The summed E-state index contributed by atoms with van der Waals surface area (Å²) in [5.74, 6) is 0. The molecule has 0 fully saturated rings. The van der Waals surface area contributed by atoms with Crippen LogP contribution in [-0.4, -0.2) is 12.6 Å². The molecule has 0 amide bonds. The molecule has 0 bridgehead atoms. The van der Waals surface area contributed by atoms with Crippen molar-refractivity contribution in [2.45, 2.75) is 18.7 Å². The summed E-state index contributed by atoms with van der Waals surface area (Å²) in [5.41, 5.74) is 1.14. The SMILES string of the molecule is Cc1ccc(C)c(SC[B-](F)(F)F)c1.[K+]. The minimum absolute atomic E-state index is 0. The molecule has 1 rings (SSSR count). The van der Waals surface area contributed by atoms with Gasteiger partial charge in [0.05, 0.1) is 0 Å². The van der Waals surface area contributed by atoms with Crippen LogP contribution in [0.3, 0.4) is 0 Å². The fourth-order valence-electron chi connectivity index (χ4n) is 1.05. The predicted octanol–water partition coefficient (Wildman–Crippen LogP) is 0.786. The van der Waals surface area contributed by atoms with Gasteiger partial charge in [-0.25, -0.2) is 0 Å². The second-order valence-corrected chi connectivity index (χ2v) is 4.35. The number of thioether (sulfide) groups is 1. The molecule has 15 heavy (non-hydrogen) atoms. The monoisotopic (exact) mass is 258 g/mol. The van der Waals surface area contributed by atoms with Crippen LogP contribution in [0.5, 0.6) is 0 Å². The number of aryl methyl sites for hydroxylation is 2. The van der Waals surface area contributed by atoms with Gasteiger partial charge >= 0.3 is 58.4 Å². The molecule has 1 aromatic rings. The van der Waals surface area contributed by atoms with E-state index in [1.54, 1.807) is 6.07 Å². The maximum atomic E-state index is 12.0. The van der Waals surface area contributed by atoms with Gasteiger partial charge in [0, 0.05) is 4.90 Å². The van der Waals surface area contributed by atoms with E-state index in [1.165, 1.54) is 0 Å². The quantitative estimate of drug-likeness (QED) is 0.570. The molecule has 0 aromatic heterocycles. The van der Waals surface area contributed by atoms with E-state index in [0.29, 0.717) is 0 Å². The Hall–Kier alpha value is 1.06. The van der Waals surface area contributed by atoms with Gasteiger partial charge in [-0.1, -0.05) is 17.7 Å². The first-order valence-corrected chi connectivity index (χ1v) is 5.28. The Balaban J connectivity index is 0.00000196. The minimum Gasteiger partial charge on any atom is -0.448 e. The van der Waals surface area contributed by atoms with E-state index in [-0.39, 0.29) is 51.4 Å². The van der Waals surface area contributed by atoms with Crippen molar-refractivity contribution >= 4 is 18.7 Å². The van der Waals surface area contributed by atoms with Crippen molar-refractivity contribution < 1.29 is 64.3 Å². The normalized spacial score (nSPS) is 11.0. The smallest absolute Gasteiger partial charge is 0.448 e. The van der Waals surface area contributed by atoms with Gasteiger partial charge in [-0.2, -0.15) is 11.8 Å². The van der Waals surface area contributed by atoms with Crippen molar-refractivity contribution in [3.05, 3.63) is 29.3 Å². The maximum Gasteiger partial charge on any atom is 1.00 e. The largest absolute Gasteiger partial charge is 1.00 e. The van der Waals surface area contributed by atoms with Crippen molar-refractivity contribution in [1.82, 2.24) is 0 Å². The van der Waals surface area contributed by atoms with Crippen LogP contribution in [0.4, 0.5) is 12.9 Å². The van der Waals surface area contributed by atoms with Gasteiger partial charge in [0.15, 0.2) is 0 Å². The molecule has 0 aliphatic carbocycles.